The zero-order valence-electron chi connectivity index (χ0n) is 15.9. The number of halogens is 1. The minimum atomic E-state index is -0.289. The topological polar surface area (TPSA) is 51.7 Å². The fourth-order valence-corrected chi connectivity index (χ4v) is 3.55. The number of amides is 1. The highest BCUT2D eigenvalue weighted by Crippen LogP contribution is 2.33. The van der Waals surface area contributed by atoms with Crippen molar-refractivity contribution in [2.75, 3.05) is 21.3 Å². The molecule has 5 nitrogen and oxygen atoms in total. The molecular weight excluding hydrogens is 379 g/mol. The third kappa shape index (κ3) is 4.67. The Morgan fingerprint density at radius 3 is 2.50 bits per heavy atom. The summed E-state index contributed by atoms with van der Waals surface area (Å²) < 4.78 is 23.6. The van der Waals surface area contributed by atoms with Gasteiger partial charge in [0.2, 0.25) is 5.91 Å². The van der Waals surface area contributed by atoms with E-state index >= 15 is 0 Å². The van der Waals surface area contributed by atoms with Crippen LogP contribution in [0.2, 0.25) is 0 Å². The highest BCUT2D eigenvalue weighted by Gasteiger charge is 2.14. The van der Waals surface area contributed by atoms with Gasteiger partial charge in [0.15, 0.2) is 11.5 Å². The van der Waals surface area contributed by atoms with E-state index < -0.39 is 0 Å². The minimum absolute atomic E-state index is 0.0477. The van der Waals surface area contributed by atoms with E-state index in [4.69, 9.17) is 9.47 Å². The summed E-state index contributed by atoms with van der Waals surface area (Å²) in [5, 5.41) is 2.69. The van der Waals surface area contributed by atoms with Gasteiger partial charge < -0.3 is 14.4 Å². The third-order valence-electron chi connectivity index (χ3n) is 4.27. The lowest BCUT2D eigenvalue weighted by Gasteiger charge is -2.16. The highest BCUT2D eigenvalue weighted by molar-refractivity contribution is 7.13. The average molecular weight is 400 g/mol. The molecule has 28 heavy (non-hydrogen) atoms. The Morgan fingerprint density at radius 2 is 1.82 bits per heavy atom. The molecule has 0 aliphatic heterocycles. The van der Waals surface area contributed by atoms with E-state index in [-0.39, 0.29) is 18.1 Å². The fraction of sp³-hybridized carbons (Fsp3) is 0.238. The lowest BCUT2D eigenvalue weighted by atomic mass is 10.2. The zero-order valence-corrected chi connectivity index (χ0v) is 16.8. The molecule has 0 saturated carbocycles. The third-order valence-corrected chi connectivity index (χ3v) is 5.21. The van der Waals surface area contributed by atoms with Gasteiger partial charge >= 0.3 is 0 Å². The fourth-order valence-electron chi connectivity index (χ4n) is 2.73. The first kappa shape index (κ1) is 19.8. The van der Waals surface area contributed by atoms with Crippen molar-refractivity contribution in [3.63, 3.8) is 0 Å². The summed E-state index contributed by atoms with van der Waals surface area (Å²) in [6, 6.07) is 11.7. The lowest BCUT2D eigenvalue weighted by molar-refractivity contribution is -0.129. The highest BCUT2D eigenvalue weighted by atomic mass is 32.1. The number of hydrogen-bond donors (Lipinski definition) is 0. The molecule has 1 heterocycles. The number of ether oxygens (including phenoxy) is 2. The number of aromatic nitrogens is 1. The molecule has 0 bridgehead atoms. The Balaban J connectivity index is 1.66. The van der Waals surface area contributed by atoms with Gasteiger partial charge in [-0.1, -0.05) is 12.1 Å². The predicted octanol–water partition coefficient (Wildman–Crippen LogP) is 4.17. The van der Waals surface area contributed by atoms with E-state index in [1.165, 1.54) is 23.5 Å². The summed E-state index contributed by atoms with van der Waals surface area (Å²) in [7, 11) is 4.91. The summed E-state index contributed by atoms with van der Waals surface area (Å²) in [5.74, 6) is 0.948. The van der Waals surface area contributed by atoms with Gasteiger partial charge in [-0.15, -0.1) is 11.3 Å². The number of methoxy groups -OCH3 is 2. The summed E-state index contributed by atoms with van der Waals surface area (Å²) in [5.41, 5.74) is 2.49. The minimum Gasteiger partial charge on any atom is -0.493 e. The molecule has 2 aromatic carbocycles. The van der Waals surface area contributed by atoms with Crippen LogP contribution < -0.4 is 9.47 Å². The molecule has 146 valence electrons. The number of hydrogen-bond acceptors (Lipinski definition) is 5. The molecule has 7 heteroatoms. The van der Waals surface area contributed by atoms with Crippen molar-refractivity contribution in [1.82, 2.24) is 9.88 Å². The molecule has 0 aliphatic rings. The summed E-state index contributed by atoms with van der Waals surface area (Å²) in [4.78, 5) is 18.7. The number of benzene rings is 2. The van der Waals surface area contributed by atoms with Crippen LogP contribution in [0.15, 0.2) is 47.8 Å². The first-order valence-electron chi connectivity index (χ1n) is 8.65. The monoisotopic (exact) mass is 400 g/mol. The Labute approximate surface area is 167 Å². The summed E-state index contributed by atoms with van der Waals surface area (Å²) in [6.45, 7) is 0.422. The van der Waals surface area contributed by atoms with Crippen LogP contribution >= 0.6 is 11.3 Å². The Bertz CT molecular complexity index is 957. The second-order valence-corrected chi connectivity index (χ2v) is 7.12. The van der Waals surface area contributed by atoms with Gasteiger partial charge in [-0.05, 0) is 35.9 Å². The summed E-state index contributed by atoms with van der Waals surface area (Å²) >= 11 is 1.47. The molecule has 0 atom stereocenters. The van der Waals surface area contributed by atoms with Crippen LogP contribution in [0.5, 0.6) is 11.5 Å². The molecule has 0 unspecified atom stereocenters. The van der Waals surface area contributed by atoms with Crippen LogP contribution in [0.4, 0.5) is 4.39 Å². The first-order chi connectivity index (χ1) is 13.5. The van der Waals surface area contributed by atoms with E-state index in [9.17, 15) is 9.18 Å². The molecule has 3 rings (SSSR count). The number of nitrogens with zero attached hydrogens (tertiary/aromatic N) is 2. The van der Waals surface area contributed by atoms with Crippen molar-refractivity contribution in [2.24, 2.45) is 0 Å². The molecule has 3 aromatic rings. The largest absolute Gasteiger partial charge is 0.493 e. The van der Waals surface area contributed by atoms with Crippen LogP contribution in [0.25, 0.3) is 10.6 Å². The maximum absolute atomic E-state index is 13.0. The van der Waals surface area contributed by atoms with Crippen LogP contribution in [0, 0.1) is 5.82 Å². The molecule has 0 N–H and O–H groups in total. The number of rotatable bonds is 7. The Morgan fingerprint density at radius 1 is 1.11 bits per heavy atom. The zero-order chi connectivity index (χ0) is 20.1. The first-order valence-corrected chi connectivity index (χ1v) is 9.53. The van der Waals surface area contributed by atoms with Crippen molar-refractivity contribution in [2.45, 2.75) is 13.0 Å². The van der Waals surface area contributed by atoms with Gasteiger partial charge in [-0.3, -0.25) is 4.79 Å². The quantitative estimate of drug-likeness (QED) is 0.597. The van der Waals surface area contributed by atoms with E-state index in [0.717, 1.165) is 16.1 Å². The van der Waals surface area contributed by atoms with Gasteiger partial charge in [0.05, 0.1) is 26.3 Å². The number of likely N-dealkylation sites (N-methyl/N-ethyl adjacent to an activating group) is 1. The molecule has 0 spiro atoms. The van der Waals surface area contributed by atoms with Gasteiger partial charge in [0, 0.05) is 24.5 Å². The van der Waals surface area contributed by atoms with Gasteiger partial charge in [-0.25, -0.2) is 9.37 Å². The molecule has 0 aliphatic carbocycles. The molecule has 0 radical (unpaired) electrons. The molecule has 1 aromatic heterocycles. The van der Waals surface area contributed by atoms with Crippen LogP contribution in [0.1, 0.15) is 11.3 Å². The van der Waals surface area contributed by atoms with Crippen LogP contribution in [-0.4, -0.2) is 37.1 Å². The SMILES string of the molecule is COc1ccc(-c2nc(CC(=O)N(C)Cc3ccc(F)cc3)cs2)cc1OC. The second-order valence-electron chi connectivity index (χ2n) is 6.27. The van der Waals surface area contributed by atoms with E-state index in [1.54, 1.807) is 38.3 Å². The van der Waals surface area contributed by atoms with Crippen molar-refractivity contribution in [3.8, 4) is 22.1 Å². The Kier molecular flexibility index (Phi) is 6.26. The van der Waals surface area contributed by atoms with Crippen molar-refractivity contribution in [3.05, 3.63) is 64.9 Å². The number of carbonyl (C=O) groups excluding carboxylic acids is 1. The maximum Gasteiger partial charge on any atom is 0.228 e. The van der Waals surface area contributed by atoms with Crippen LogP contribution in [0.3, 0.4) is 0 Å². The molecule has 0 fully saturated rings. The molecular formula is C21H21FN2O3S. The van der Waals surface area contributed by atoms with Crippen molar-refractivity contribution >= 4 is 17.2 Å². The lowest BCUT2D eigenvalue weighted by Crippen LogP contribution is -2.27. The predicted molar refractivity (Wildman–Crippen MR) is 107 cm³/mol. The molecule has 0 saturated heterocycles. The van der Waals surface area contributed by atoms with E-state index in [0.29, 0.717) is 23.7 Å². The number of carbonyl (C=O) groups is 1. The summed E-state index contributed by atoms with van der Waals surface area (Å²) in [6.07, 6.45) is 0.210. The standard InChI is InChI=1S/C21H21FN2O3S/c1-24(12-14-4-7-16(22)8-5-14)20(25)11-17-13-28-21(23-17)15-6-9-18(26-2)19(10-15)27-3/h4-10,13H,11-12H2,1-3H3. The Hall–Kier alpha value is -2.93. The maximum atomic E-state index is 13.0. The van der Waals surface area contributed by atoms with Gasteiger partial charge in [-0.2, -0.15) is 0 Å². The second kappa shape index (κ2) is 8.84. The van der Waals surface area contributed by atoms with E-state index in [1.807, 2.05) is 23.6 Å². The van der Waals surface area contributed by atoms with Crippen molar-refractivity contribution < 1.29 is 18.7 Å². The van der Waals surface area contributed by atoms with Crippen LogP contribution in [-0.2, 0) is 17.8 Å². The normalized spacial score (nSPS) is 10.6. The molecule has 1 amide bonds. The van der Waals surface area contributed by atoms with Crippen molar-refractivity contribution in [1.29, 1.82) is 0 Å². The number of thiazole rings is 1. The van der Waals surface area contributed by atoms with E-state index in [2.05, 4.69) is 4.98 Å². The average Bonchev–Trinajstić information content (AvgIpc) is 3.17. The smallest absolute Gasteiger partial charge is 0.228 e. The van der Waals surface area contributed by atoms with Gasteiger partial charge in [0.25, 0.3) is 0 Å². The van der Waals surface area contributed by atoms with Gasteiger partial charge in [0.1, 0.15) is 10.8 Å².